The summed E-state index contributed by atoms with van der Waals surface area (Å²) in [6.07, 6.45) is 5.76. The Hall–Kier alpha value is -2.44. The van der Waals surface area contributed by atoms with Crippen LogP contribution in [-0.4, -0.2) is 20.5 Å². The minimum Gasteiger partial charge on any atom is -0.496 e. The van der Waals surface area contributed by atoms with Gasteiger partial charge < -0.3 is 9.47 Å². The first-order chi connectivity index (χ1) is 13.6. The molecule has 0 saturated heterocycles. The molecule has 3 aromatic carbocycles. The van der Waals surface area contributed by atoms with Crippen molar-refractivity contribution in [2.24, 2.45) is 0 Å². The molecular weight excluding hydrogens is 363 g/mol. The second-order valence-corrected chi connectivity index (χ2v) is 10.0. The standard InChI is InChI=1S/C23H23O2P.C2H6/c1-16-13-21(25-3)23(14-20(16)24-2)26(4)15-17-9-5-6-10-18(17)19-11-7-8-12-22(19)26;1-2/h5-14H,4,15H2,1-3H3;1-2H3. The fourth-order valence-corrected chi connectivity index (χ4v) is 7.38. The lowest BCUT2D eigenvalue weighted by atomic mass is 10.0. The third-order valence-electron chi connectivity index (χ3n) is 5.27. The van der Waals surface area contributed by atoms with Crippen molar-refractivity contribution in [3.05, 3.63) is 71.8 Å². The van der Waals surface area contributed by atoms with Crippen molar-refractivity contribution in [2.45, 2.75) is 26.9 Å². The highest BCUT2D eigenvalue weighted by atomic mass is 31.2. The van der Waals surface area contributed by atoms with Crippen LogP contribution in [0, 0.1) is 6.92 Å². The third kappa shape index (κ3) is 3.27. The molecule has 0 bridgehead atoms. The fraction of sp³-hybridized carbons (Fsp3) is 0.240. The number of hydrogen-bond acceptors (Lipinski definition) is 2. The summed E-state index contributed by atoms with van der Waals surface area (Å²) in [7, 11) is 3.46. The van der Waals surface area contributed by atoms with Crippen LogP contribution in [0.1, 0.15) is 25.0 Å². The molecule has 0 aliphatic carbocycles. The van der Waals surface area contributed by atoms with E-state index < -0.39 is 6.89 Å². The van der Waals surface area contributed by atoms with E-state index in [2.05, 4.69) is 60.7 Å². The molecule has 0 fully saturated rings. The summed E-state index contributed by atoms with van der Waals surface area (Å²) < 4.78 is 11.4. The van der Waals surface area contributed by atoms with E-state index in [1.165, 1.54) is 27.3 Å². The Kier molecular flexibility index (Phi) is 6.01. The third-order valence-corrected chi connectivity index (χ3v) is 8.74. The maximum Gasteiger partial charge on any atom is 0.127 e. The number of ether oxygens (including phenoxy) is 2. The van der Waals surface area contributed by atoms with Gasteiger partial charge in [0.05, 0.1) is 14.2 Å². The summed E-state index contributed by atoms with van der Waals surface area (Å²) in [5.74, 6) is 1.79. The van der Waals surface area contributed by atoms with Crippen LogP contribution in [0.3, 0.4) is 0 Å². The molecule has 1 aliphatic heterocycles. The van der Waals surface area contributed by atoms with Gasteiger partial charge in [0.15, 0.2) is 0 Å². The summed E-state index contributed by atoms with van der Waals surface area (Å²) in [6.45, 7) is 4.14. The first-order valence-corrected chi connectivity index (χ1v) is 11.9. The molecule has 0 spiro atoms. The lowest BCUT2D eigenvalue weighted by Gasteiger charge is -2.34. The first kappa shape index (κ1) is 20.3. The van der Waals surface area contributed by atoms with Crippen LogP contribution < -0.4 is 20.1 Å². The Labute approximate surface area is 169 Å². The molecule has 4 rings (SSSR count). The maximum absolute atomic E-state index is 5.78. The van der Waals surface area contributed by atoms with E-state index in [1.54, 1.807) is 14.2 Å². The molecule has 1 unspecified atom stereocenters. The zero-order valence-electron chi connectivity index (χ0n) is 17.5. The molecule has 0 amide bonds. The molecule has 0 N–H and O–H groups in total. The predicted molar refractivity (Wildman–Crippen MR) is 125 cm³/mol. The molecular formula is C25H29O2P. The Morgan fingerprint density at radius 1 is 0.786 bits per heavy atom. The molecule has 146 valence electrons. The largest absolute Gasteiger partial charge is 0.496 e. The molecule has 2 nitrogen and oxygen atoms in total. The van der Waals surface area contributed by atoms with Gasteiger partial charge in [-0.05, 0) is 53.5 Å². The summed E-state index contributed by atoms with van der Waals surface area (Å²) >= 11 is 0. The molecule has 0 saturated carbocycles. The van der Waals surface area contributed by atoms with Crippen LogP contribution >= 0.6 is 6.89 Å². The number of fused-ring (bicyclic) bond motifs is 3. The normalized spacial score (nSPS) is 16.9. The minimum atomic E-state index is -1.91. The number of benzene rings is 3. The first-order valence-electron chi connectivity index (χ1n) is 9.72. The number of rotatable bonds is 3. The van der Waals surface area contributed by atoms with Gasteiger partial charge >= 0.3 is 0 Å². The van der Waals surface area contributed by atoms with Gasteiger partial charge in [0.1, 0.15) is 11.5 Å². The summed E-state index contributed by atoms with van der Waals surface area (Å²) in [5, 5.41) is 2.51. The molecule has 1 atom stereocenters. The van der Waals surface area contributed by atoms with Crippen LogP contribution in [0.25, 0.3) is 11.1 Å². The van der Waals surface area contributed by atoms with E-state index in [0.717, 1.165) is 23.2 Å². The van der Waals surface area contributed by atoms with E-state index in [9.17, 15) is 0 Å². The Bertz CT molecular complexity index is 1040. The number of methoxy groups -OCH3 is 2. The lowest BCUT2D eigenvalue weighted by Crippen LogP contribution is -2.25. The summed E-state index contributed by atoms with van der Waals surface area (Å²) in [5.41, 5.74) is 5.04. The zero-order chi connectivity index (χ0) is 20.3. The second-order valence-electron chi connectivity index (χ2n) is 6.79. The Balaban J connectivity index is 0.00000109. The monoisotopic (exact) mass is 392 g/mol. The maximum atomic E-state index is 5.78. The molecule has 0 radical (unpaired) electrons. The highest BCUT2D eigenvalue weighted by molar-refractivity contribution is 7.87. The van der Waals surface area contributed by atoms with Crippen molar-refractivity contribution in [1.82, 2.24) is 0 Å². The molecule has 1 heterocycles. The zero-order valence-corrected chi connectivity index (χ0v) is 18.3. The number of aryl methyl sites for hydroxylation is 1. The van der Waals surface area contributed by atoms with Crippen molar-refractivity contribution >= 4 is 23.8 Å². The van der Waals surface area contributed by atoms with E-state index in [4.69, 9.17) is 15.8 Å². The van der Waals surface area contributed by atoms with Crippen LogP contribution in [0.15, 0.2) is 60.7 Å². The molecule has 0 aromatic heterocycles. The quantitative estimate of drug-likeness (QED) is 0.539. The minimum absolute atomic E-state index is 0.889. The van der Waals surface area contributed by atoms with E-state index >= 15 is 0 Å². The SMILES string of the molecule is C=P1(c2cc(OC)c(C)cc2OC)Cc2ccccc2-c2ccccc21.CC. The molecule has 1 aliphatic rings. The topological polar surface area (TPSA) is 18.5 Å². The van der Waals surface area contributed by atoms with Gasteiger partial charge in [0.2, 0.25) is 0 Å². The van der Waals surface area contributed by atoms with Gasteiger partial charge in [-0.3, -0.25) is 0 Å². The van der Waals surface area contributed by atoms with Crippen molar-refractivity contribution < 1.29 is 9.47 Å². The van der Waals surface area contributed by atoms with E-state index in [1.807, 2.05) is 20.8 Å². The highest BCUT2D eigenvalue weighted by Gasteiger charge is 2.32. The van der Waals surface area contributed by atoms with Crippen molar-refractivity contribution in [3.63, 3.8) is 0 Å². The molecule has 28 heavy (non-hydrogen) atoms. The Morgan fingerprint density at radius 2 is 1.39 bits per heavy atom. The van der Waals surface area contributed by atoms with Gasteiger partial charge in [0, 0.05) is 11.5 Å². The Morgan fingerprint density at radius 3 is 2.07 bits per heavy atom. The van der Waals surface area contributed by atoms with Gasteiger partial charge in [-0.15, -0.1) is 0 Å². The smallest absolute Gasteiger partial charge is 0.127 e. The number of hydrogen-bond donors (Lipinski definition) is 0. The highest BCUT2D eigenvalue weighted by Crippen LogP contribution is 2.55. The molecule has 3 aromatic rings. The fourth-order valence-electron chi connectivity index (χ4n) is 3.96. The van der Waals surface area contributed by atoms with Crippen molar-refractivity contribution in [2.75, 3.05) is 14.2 Å². The molecule has 3 heteroatoms. The van der Waals surface area contributed by atoms with Gasteiger partial charge in [-0.2, -0.15) is 0 Å². The van der Waals surface area contributed by atoms with Crippen LogP contribution in [-0.2, 0) is 6.16 Å². The average Bonchev–Trinajstić information content (AvgIpc) is 2.75. The van der Waals surface area contributed by atoms with Crippen LogP contribution in [0.5, 0.6) is 11.5 Å². The summed E-state index contributed by atoms with van der Waals surface area (Å²) in [4.78, 5) is 0. The second kappa shape index (κ2) is 8.29. The lowest BCUT2D eigenvalue weighted by molar-refractivity contribution is 0.403. The van der Waals surface area contributed by atoms with E-state index in [0.29, 0.717) is 0 Å². The van der Waals surface area contributed by atoms with Gasteiger partial charge in [-0.25, -0.2) is 0 Å². The van der Waals surface area contributed by atoms with Crippen LogP contribution in [0.2, 0.25) is 0 Å². The van der Waals surface area contributed by atoms with Crippen molar-refractivity contribution in [1.29, 1.82) is 0 Å². The average molecular weight is 392 g/mol. The summed E-state index contributed by atoms with van der Waals surface area (Å²) in [6, 6.07) is 21.5. The van der Waals surface area contributed by atoms with Gasteiger partial charge in [-0.1, -0.05) is 68.7 Å². The van der Waals surface area contributed by atoms with E-state index in [-0.39, 0.29) is 0 Å². The van der Waals surface area contributed by atoms with Crippen LogP contribution in [0.4, 0.5) is 0 Å². The van der Waals surface area contributed by atoms with Gasteiger partial charge in [0.25, 0.3) is 0 Å². The predicted octanol–water partition coefficient (Wildman–Crippen LogP) is 5.62. The van der Waals surface area contributed by atoms with Crippen molar-refractivity contribution in [3.8, 4) is 22.6 Å².